The standard InChI is InChI=1S/C18H33N3O6/c1-17(2,3)14(15(25)19-7)21-12(22)10-11(8-9-13(23)24)20-16(26)27-18(4,5)6/h11,14H,8-10H2,1-7H3,(H,19,25)(H,20,26)(H,21,22)(H,23,24)/t11-,14+/m0/s1. The van der Waals surface area contributed by atoms with Crippen molar-refractivity contribution in [2.75, 3.05) is 7.05 Å². The Morgan fingerprint density at radius 1 is 1.00 bits per heavy atom. The van der Waals surface area contributed by atoms with Gasteiger partial charge in [0.2, 0.25) is 11.8 Å². The number of rotatable bonds is 8. The van der Waals surface area contributed by atoms with Crippen LogP contribution in [0.5, 0.6) is 0 Å². The molecule has 0 fully saturated rings. The van der Waals surface area contributed by atoms with Crippen molar-refractivity contribution >= 4 is 23.9 Å². The van der Waals surface area contributed by atoms with Gasteiger partial charge in [0, 0.05) is 25.9 Å². The number of ether oxygens (including phenoxy) is 1. The normalized spacial score (nSPS) is 13.9. The molecule has 0 aromatic carbocycles. The number of hydrogen-bond donors (Lipinski definition) is 4. The van der Waals surface area contributed by atoms with Crippen LogP contribution in [0.3, 0.4) is 0 Å². The van der Waals surface area contributed by atoms with Gasteiger partial charge in [0.1, 0.15) is 11.6 Å². The molecule has 0 unspecified atom stereocenters. The summed E-state index contributed by atoms with van der Waals surface area (Å²) in [6, 6.07) is -1.50. The third kappa shape index (κ3) is 11.1. The summed E-state index contributed by atoms with van der Waals surface area (Å²) >= 11 is 0. The number of aliphatic carboxylic acids is 1. The van der Waals surface area contributed by atoms with E-state index in [4.69, 9.17) is 9.84 Å². The van der Waals surface area contributed by atoms with Crippen molar-refractivity contribution in [2.45, 2.75) is 78.5 Å². The Labute approximate surface area is 160 Å². The Morgan fingerprint density at radius 3 is 1.96 bits per heavy atom. The number of amides is 3. The second-order valence-electron chi connectivity index (χ2n) is 8.46. The minimum atomic E-state index is -1.04. The van der Waals surface area contributed by atoms with Crippen molar-refractivity contribution in [3.8, 4) is 0 Å². The zero-order chi connectivity index (χ0) is 21.4. The van der Waals surface area contributed by atoms with Crippen LogP contribution in [-0.2, 0) is 19.1 Å². The van der Waals surface area contributed by atoms with Gasteiger partial charge < -0.3 is 25.8 Å². The van der Waals surface area contributed by atoms with Crippen LogP contribution in [0.2, 0.25) is 0 Å². The lowest BCUT2D eigenvalue weighted by Gasteiger charge is -2.30. The first-order valence-corrected chi connectivity index (χ1v) is 8.88. The van der Waals surface area contributed by atoms with Gasteiger partial charge in [0.05, 0.1) is 0 Å². The summed E-state index contributed by atoms with van der Waals surface area (Å²) in [7, 11) is 1.48. The molecular weight excluding hydrogens is 354 g/mol. The Balaban J connectivity index is 5.07. The summed E-state index contributed by atoms with van der Waals surface area (Å²) < 4.78 is 5.15. The Kier molecular flexibility index (Phi) is 9.26. The molecule has 0 spiro atoms. The van der Waals surface area contributed by atoms with E-state index < -0.39 is 41.1 Å². The molecule has 0 aliphatic carbocycles. The monoisotopic (exact) mass is 387 g/mol. The molecule has 0 aliphatic heterocycles. The van der Waals surface area contributed by atoms with E-state index in [1.54, 1.807) is 20.8 Å². The summed E-state index contributed by atoms with van der Waals surface area (Å²) in [5.41, 5.74) is -1.24. The predicted octanol–water partition coefficient (Wildman–Crippen LogP) is 1.41. The van der Waals surface area contributed by atoms with E-state index in [0.29, 0.717) is 0 Å². The summed E-state index contributed by atoms with van der Waals surface area (Å²) in [4.78, 5) is 47.2. The molecule has 0 aliphatic rings. The lowest BCUT2D eigenvalue weighted by Crippen LogP contribution is -2.54. The van der Waals surface area contributed by atoms with E-state index in [9.17, 15) is 19.2 Å². The highest BCUT2D eigenvalue weighted by atomic mass is 16.6. The van der Waals surface area contributed by atoms with Gasteiger partial charge in [-0.25, -0.2) is 4.79 Å². The summed E-state index contributed by atoms with van der Waals surface area (Å²) in [6.45, 7) is 10.5. The molecule has 27 heavy (non-hydrogen) atoms. The number of carboxylic acids is 1. The van der Waals surface area contributed by atoms with Gasteiger partial charge in [-0.3, -0.25) is 14.4 Å². The van der Waals surface area contributed by atoms with Crippen molar-refractivity contribution in [3.63, 3.8) is 0 Å². The van der Waals surface area contributed by atoms with Crippen LogP contribution < -0.4 is 16.0 Å². The number of alkyl carbamates (subject to hydrolysis) is 1. The topological polar surface area (TPSA) is 134 Å². The van der Waals surface area contributed by atoms with E-state index in [2.05, 4.69) is 16.0 Å². The first-order valence-electron chi connectivity index (χ1n) is 8.88. The van der Waals surface area contributed by atoms with Crippen LogP contribution in [0.25, 0.3) is 0 Å². The Bertz CT molecular complexity index is 548. The van der Waals surface area contributed by atoms with Crippen molar-refractivity contribution in [2.24, 2.45) is 5.41 Å². The van der Waals surface area contributed by atoms with E-state index in [-0.39, 0.29) is 25.2 Å². The second kappa shape index (κ2) is 10.1. The van der Waals surface area contributed by atoms with E-state index in [0.717, 1.165) is 0 Å². The third-order valence-electron chi connectivity index (χ3n) is 3.54. The van der Waals surface area contributed by atoms with Gasteiger partial charge in [-0.1, -0.05) is 20.8 Å². The van der Waals surface area contributed by atoms with Crippen LogP contribution in [0.15, 0.2) is 0 Å². The maximum Gasteiger partial charge on any atom is 0.407 e. The fourth-order valence-corrected chi connectivity index (χ4v) is 2.26. The number of carboxylic acid groups (broad SMARTS) is 1. The minimum absolute atomic E-state index is 0.0577. The van der Waals surface area contributed by atoms with E-state index in [1.807, 2.05) is 20.8 Å². The molecule has 3 amide bonds. The zero-order valence-corrected chi connectivity index (χ0v) is 17.3. The molecule has 0 saturated carbocycles. The predicted molar refractivity (Wildman–Crippen MR) is 100 cm³/mol. The van der Waals surface area contributed by atoms with Crippen LogP contribution in [0.4, 0.5) is 4.79 Å². The molecule has 2 atom stereocenters. The van der Waals surface area contributed by atoms with Crippen LogP contribution >= 0.6 is 0 Å². The van der Waals surface area contributed by atoms with Crippen molar-refractivity contribution < 1.29 is 29.0 Å². The summed E-state index contributed by atoms with van der Waals surface area (Å²) in [5, 5.41) is 16.6. The van der Waals surface area contributed by atoms with Crippen molar-refractivity contribution in [3.05, 3.63) is 0 Å². The summed E-state index contributed by atoms with van der Waals surface area (Å²) in [5.74, 6) is -1.84. The van der Waals surface area contributed by atoms with Crippen LogP contribution in [0.1, 0.15) is 60.8 Å². The fraction of sp³-hybridized carbons (Fsp3) is 0.778. The highest BCUT2D eigenvalue weighted by molar-refractivity contribution is 5.88. The zero-order valence-electron chi connectivity index (χ0n) is 17.3. The average Bonchev–Trinajstić information content (AvgIpc) is 2.46. The number of nitrogens with one attached hydrogen (secondary N) is 3. The number of carbonyl (C=O) groups is 4. The average molecular weight is 387 g/mol. The first-order chi connectivity index (χ1) is 12.2. The maximum absolute atomic E-state index is 12.4. The molecule has 9 nitrogen and oxygen atoms in total. The van der Waals surface area contributed by atoms with E-state index >= 15 is 0 Å². The lowest BCUT2D eigenvalue weighted by atomic mass is 9.86. The quantitative estimate of drug-likeness (QED) is 0.497. The highest BCUT2D eigenvalue weighted by Crippen LogP contribution is 2.20. The lowest BCUT2D eigenvalue weighted by molar-refractivity contribution is -0.137. The molecule has 0 aromatic rings. The minimum Gasteiger partial charge on any atom is -0.481 e. The number of likely N-dealkylation sites (N-methyl/N-ethyl adjacent to an activating group) is 1. The van der Waals surface area contributed by atoms with Gasteiger partial charge in [0.25, 0.3) is 0 Å². The summed E-state index contributed by atoms with van der Waals surface area (Å²) in [6.07, 6.45) is -1.06. The highest BCUT2D eigenvalue weighted by Gasteiger charge is 2.33. The fourth-order valence-electron chi connectivity index (χ4n) is 2.26. The maximum atomic E-state index is 12.4. The van der Waals surface area contributed by atoms with Gasteiger partial charge in [0.15, 0.2) is 0 Å². The molecule has 0 radical (unpaired) electrons. The second-order valence-corrected chi connectivity index (χ2v) is 8.46. The third-order valence-corrected chi connectivity index (χ3v) is 3.54. The van der Waals surface area contributed by atoms with Gasteiger partial charge in [-0.15, -0.1) is 0 Å². The smallest absolute Gasteiger partial charge is 0.407 e. The molecule has 0 aromatic heterocycles. The molecular formula is C18H33N3O6. The largest absolute Gasteiger partial charge is 0.481 e. The molecule has 0 bridgehead atoms. The number of hydrogen-bond acceptors (Lipinski definition) is 5. The molecule has 156 valence electrons. The molecule has 0 rings (SSSR count). The molecule has 0 heterocycles. The van der Waals surface area contributed by atoms with Crippen molar-refractivity contribution in [1.29, 1.82) is 0 Å². The van der Waals surface area contributed by atoms with Gasteiger partial charge >= 0.3 is 12.1 Å². The Hall–Kier alpha value is -2.32. The van der Waals surface area contributed by atoms with E-state index in [1.165, 1.54) is 7.05 Å². The Morgan fingerprint density at radius 2 is 1.56 bits per heavy atom. The van der Waals surface area contributed by atoms with Crippen LogP contribution in [-0.4, -0.2) is 53.7 Å². The SMILES string of the molecule is CNC(=O)[C@@H](NC(=O)C[C@H](CCC(=O)O)NC(=O)OC(C)(C)C)C(C)(C)C. The van der Waals surface area contributed by atoms with Crippen molar-refractivity contribution in [1.82, 2.24) is 16.0 Å². The van der Waals surface area contributed by atoms with Crippen LogP contribution in [0, 0.1) is 5.41 Å². The molecule has 4 N–H and O–H groups in total. The van der Waals surface area contributed by atoms with Gasteiger partial charge in [-0.05, 0) is 32.6 Å². The van der Waals surface area contributed by atoms with Gasteiger partial charge in [-0.2, -0.15) is 0 Å². The molecule has 0 saturated heterocycles. The molecule has 9 heteroatoms. The first kappa shape index (κ1) is 24.7. The number of carbonyl (C=O) groups excluding carboxylic acids is 3.